The smallest absolute Gasteiger partial charge is 0.339 e. The van der Waals surface area contributed by atoms with Gasteiger partial charge >= 0.3 is 12.1 Å². The molecule has 0 radical (unpaired) electrons. The molecule has 1 saturated carbocycles. The second kappa shape index (κ2) is 4.01. The fourth-order valence-corrected chi connectivity index (χ4v) is 1.93. The number of nitrogens with one attached hydrogen (secondary N) is 1. The highest BCUT2D eigenvalue weighted by Gasteiger charge is 2.50. The molecule has 1 amide bonds. The molecule has 0 spiro atoms. The second-order valence-corrected chi connectivity index (χ2v) is 4.96. The van der Waals surface area contributed by atoms with Gasteiger partial charge in [-0.1, -0.05) is 28.1 Å². The molecule has 1 aliphatic rings. The molecule has 6 heteroatoms. The third-order valence-corrected chi connectivity index (χ3v) is 3.29. The van der Waals surface area contributed by atoms with E-state index in [2.05, 4.69) is 21.2 Å². The number of rotatable bonds is 2. The minimum Gasteiger partial charge on any atom is -0.339 e. The third-order valence-electron chi connectivity index (χ3n) is 2.76. The highest BCUT2D eigenvalue weighted by molar-refractivity contribution is 9.10. The maximum absolute atomic E-state index is 12.2. The summed E-state index contributed by atoms with van der Waals surface area (Å²) in [5, 5.41) is 2.06. The molecule has 0 aliphatic heterocycles. The van der Waals surface area contributed by atoms with Crippen LogP contribution < -0.4 is 5.32 Å². The Morgan fingerprint density at radius 1 is 1.24 bits per heavy atom. The molecule has 92 valence electrons. The van der Waals surface area contributed by atoms with Gasteiger partial charge < -0.3 is 5.32 Å². The first kappa shape index (κ1) is 12.4. The highest BCUT2D eigenvalue weighted by Crippen LogP contribution is 2.46. The summed E-state index contributed by atoms with van der Waals surface area (Å²) in [4.78, 5) is 10.9. The minimum absolute atomic E-state index is 0.538. The Morgan fingerprint density at radius 3 is 2.18 bits per heavy atom. The quantitative estimate of drug-likeness (QED) is 0.893. The summed E-state index contributed by atoms with van der Waals surface area (Å²) in [5.41, 5.74) is -0.119. The zero-order valence-electron chi connectivity index (χ0n) is 8.64. The van der Waals surface area contributed by atoms with Crippen molar-refractivity contribution >= 4 is 21.8 Å². The maximum atomic E-state index is 12.2. The lowest BCUT2D eigenvalue weighted by Gasteiger charge is -2.19. The summed E-state index contributed by atoms with van der Waals surface area (Å²) in [6.07, 6.45) is -3.75. The minimum atomic E-state index is -4.83. The van der Waals surface area contributed by atoms with Crippen molar-refractivity contribution in [1.82, 2.24) is 5.32 Å². The summed E-state index contributed by atoms with van der Waals surface area (Å²) in [6, 6.07) is 6.92. The van der Waals surface area contributed by atoms with Crippen molar-refractivity contribution in [3.8, 4) is 0 Å². The summed E-state index contributed by atoms with van der Waals surface area (Å²) >= 11 is 3.25. The standard InChI is InChI=1S/C11H9BrF3NO/c12-8-3-1-7(2-4-8)10(5-6-10)16-9(17)11(13,14)15/h1-4H,5-6H2,(H,16,17). The Hall–Kier alpha value is -1.04. The Labute approximate surface area is 104 Å². The van der Waals surface area contributed by atoms with Crippen molar-refractivity contribution in [2.24, 2.45) is 0 Å². The van der Waals surface area contributed by atoms with Crippen LogP contribution in [0.5, 0.6) is 0 Å². The molecule has 1 fully saturated rings. The first-order valence-corrected chi connectivity index (χ1v) is 5.78. The van der Waals surface area contributed by atoms with Gasteiger partial charge in [0.05, 0.1) is 5.54 Å². The molecular formula is C11H9BrF3NO. The number of carbonyl (C=O) groups excluding carboxylic acids is 1. The number of hydrogen-bond acceptors (Lipinski definition) is 1. The van der Waals surface area contributed by atoms with Gasteiger partial charge in [0.2, 0.25) is 0 Å². The average molecular weight is 308 g/mol. The number of halogens is 4. The van der Waals surface area contributed by atoms with E-state index in [9.17, 15) is 18.0 Å². The topological polar surface area (TPSA) is 29.1 Å². The average Bonchev–Trinajstić information content (AvgIpc) is 2.98. The van der Waals surface area contributed by atoms with E-state index in [1.165, 1.54) is 0 Å². The largest absolute Gasteiger partial charge is 0.471 e. The lowest BCUT2D eigenvalue weighted by molar-refractivity contribution is -0.174. The molecule has 1 aliphatic carbocycles. The molecule has 2 rings (SSSR count). The molecule has 0 aromatic heterocycles. The molecule has 1 aromatic carbocycles. The number of alkyl halides is 3. The van der Waals surface area contributed by atoms with E-state index in [-0.39, 0.29) is 0 Å². The fraction of sp³-hybridized carbons (Fsp3) is 0.364. The zero-order chi connectivity index (χ0) is 12.7. The van der Waals surface area contributed by atoms with Gasteiger partial charge in [0, 0.05) is 4.47 Å². The molecule has 0 unspecified atom stereocenters. The van der Waals surface area contributed by atoms with Crippen LogP contribution in [0, 0.1) is 0 Å². The van der Waals surface area contributed by atoms with Crippen LogP contribution in [0.1, 0.15) is 18.4 Å². The first-order valence-electron chi connectivity index (χ1n) is 4.99. The molecule has 2 nitrogen and oxygen atoms in total. The van der Waals surface area contributed by atoms with Crippen LogP contribution >= 0.6 is 15.9 Å². The van der Waals surface area contributed by atoms with Gasteiger partial charge in [-0.15, -0.1) is 0 Å². The van der Waals surface area contributed by atoms with Gasteiger partial charge in [0.25, 0.3) is 0 Å². The fourth-order valence-electron chi connectivity index (χ4n) is 1.67. The van der Waals surface area contributed by atoms with E-state index in [0.29, 0.717) is 18.4 Å². The number of amides is 1. The maximum Gasteiger partial charge on any atom is 0.471 e. The molecule has 1 aromatic rings. The number of carbonyl (C=O) groups is 1. The van der Waals surface area contributed by atoms with Crippen molar-refractivity contribution in [3.05, 3.63) is 34.3 Å². The summed E-state index contributed by atoms with van der Waals surface area (Å²) in [7, 11) is 0. The van der Waals surface area contributed by atoms with E-state index in [1.54, 1.807) is 24.3 Å². The van der Waals surface area contributed by atoms with Crippen LogP contribution in [0.15, 0.2) is 28.7 Å². The van der Waals surface area contributed by atoms with Gasteiger partial charge in [-0.05, 0) is 30.5 Å². The molecule has 0 saturated heterocycles. The molecule has 0 heterocycles. The number of benzene rings is 1. The van der Waals surface area contributed by atoms with Crippen LogP contribution in [0.25, 0.3) is 0 Å². The van der Waals surface area contributed by atoms with Crippen LogP contribution in [-0.4, -0.2) is 12.1 Å². The summed E-state index contributed by atoms with van der Waals surface area (Å²) in [6.45, 7) is 0. The highest BCUT2D eigenvalue weighted by atomic mass is 79.9. The van der Waals surface area contributed by atoms with Gasteiger partial charge in [0.15, 0.2) is 0 Å². The van der Waals surface area contributed by atoms with Crippen LogP contribution in [0.2, 0.25) is 0 Å². The van der Waals surface area contributed by atoms with E-state index >= 15 is 0 Å². The number of hydrogen-bond donors (Lipinski definition) is 1. The van der Waals surface area contributed by atoms with Gasteiger partial charge in [-0.3, -0.25) is 4.79 Å². The molecule has 17 heavy (non-hydrogen) atoms. The lowest BCUT2D eigenvalue weighted by atomic mass is 10.1. The Morgan fingerprint density at radius 2 is 1.76 bits per heavy atom. The van der Waals surface area contributed by atoms with Gasteiger partial charge in [-0.25, -0.2) is 0 Å². The Balaban J connectivity index is 2.15. The zero-order valence-corrected chi connectivity index (χ0v) is 10.2. The van der Waals surface area contributed by atoms with Crippen molar-refractivity contribution in [2.45, 2.75) is 24.6 Å². The molecule has 1 N–H and O–H groups in total. The van der Waals surface area contributed by atoms with E-state index in [1.807, 2.05) is 0 Å². The van der Waals surface area contributed by atoms with Crippen molar-refractivity contribution < 1.29 is 18.0 Å². The van der Waals surface area contributed by atoms with Crippen LogP contribution in [-0.2, 0) is 10.3 Å². The SMILES string of the molecule is O=C(NC1(c2ccc(Br)cc2)CC1)C(F)(F)F. The predicted molar refractivity (Wildman–Crippen MR) is 59.3 cm³/mol. The van der Waals surface area contributed by atoms with Gasteiger partial charge in [0.1, 0.15) is 0 Å². The first-order chi connectivity index (χ1) is 7.83. The third kappa shape index (κ3) is 2.62. The van der Waals surface area contributed by atoms with Crippen molar-refractivity contribution in [2.75, 3.05) is 0 Å². The Kier molecular flexibility index (Phi) is 2.93. The Bertz CT molecular complexity index is 437. The van der Waals surface area contributed by atoms with Crippen molar-refractivity contribution in [3.63, 3.8) is 0 Å². The van der Waals surface area contributed by atoms with Crippen LogP contribution in [0.4, 0.5) is 13.2 Å². The van der Waals surface area contributed by atoms with E-state index in [4.69, 9.17) is 0 Å². The molecular weight excluding hydrogens is 299 g/mol. The van der Waals surface area contributed by atoms with E-state index < -0.39 is 17.6 Å². The predicted octanol–water partition coefficient (Wildman–Crippen LogP) is 3.12. The summed E-state index contributed by atoms with van der Waals surface area (Å²) < 4.78 is 37.3. The van der Waals surface area contributed by atoms with Gasteiger partial charge in [-0.2, -0.15) is 13.2 Å². The van der Waals surface area contributed by atoms with Crippen molar-refractivity contribution in [1.29, 1.82) is 0 Å². The monoisotopic (exact) mass is 307 g/mol. The molecule has 0 bridgehead atoms. The second-order valence-electron chi connectivity index (χ2n) is 4.04. The lowest BCUT2D eigenvalue weighted by Crippen LogP contribution is -2.43. The molecule has 0 atom stereocenters. The normalized spacial score (nSPS) is 17.6. The van der Waals surface area contributed by atoms with Crippen LogP contribution in [0.3, 0.4) is 0 Å². The summed E-state index contributed by atoms with van der Waals surface area (Å²) in [5.74, 6) is -1.88. The van der Waals surface area contributed by atoms with E-state index in [0.717, 1.165) is 4.47 Å².